The molecule has 2 amide bonds. The Bertz CT molecular complexity index is 2270. The van der Waals surface area contributed by atoms with E-state index in [0.717, 1.165) is 57.0 Å². The van der Waals surface area contributed by atoms with Crippen molar-refractivity contribution < 1.29 is 33.7 Å². The molecule has 1 aliphatic carbocycles. The molecular formula is C48H49N3O7. The van der Waals surface area contributed by atoms with Gasteiger partial charge >= 0.3 is 5.97 Å². The summed E-state index contributed by atoms with van der Waals surface area (Å²) in [6.45, 7) is 5.17. The number of nitrogens with one attached hydrogen (secondary N) is 1. The van der Waals surface area contributed by atoms with Crippen molar-refractivity contribution in [2.75, 3.05) is 13.2 Å². The van der Waals surface area contributed by atoms with Gasteiger partial charge in [-0.05, 0) is 114 Å². The first-order chi connectivity index (χ1) is 28.2. The van der Waals surface area contributed by atoms with Crippen LogP contribution in [0.5, 0.6) is 17.2 Å². The average Bonchev–Trinajstić information content (AvgIpc) is 3.26. The number of carbonyl (C=O) groups is 3. The molecule has 298 valence electrons. The molecule has 5 aromatic rings. The van der Waals surface area contributed by atoms with E-state index in [-0.39, 0.29) is 31.4 Å². The molecule has 3 heterocycles. The molecule has 2 aliphatic heterocycles. The number of aliphatic carboxylic acids is 1. The van der Waals surface area contributed by atoms with Crippen LogP contribution in [0.3, 0.4) is 0 Å². The van der Waals surface area contributed by atoms with Crippen LogP contribution >= 0.6 is 0 Å². The summed E-state index contributed by atoms with van der Waals surface area (Å²) in [7, 11) is 0. The highest BCUT2D eigenvalue weighted by Gasteiger charge is 2.38. The first-order valence-corrected chi connectivity index (χ1v) is 20.3. The molecule has 1 aromatic heterocycles. The highest BCUT2D eigenvalue weighted by Crippen LogP contribution is 2.41. The summed E-state index contributed by atoms with van der Waals surface area (Å²) in [5, 5.41) is 13.1. The predicted molar refractivity (Wildman–Crippen MR) is 220 cm³/mol. The van der Waals surface area contributed by atoms with Gasteiger partial charge in [0.05, 0.1) is 6.61 Å². The standard InChI is InChI=1S/C48H49N3O7/c1-30-31(2)49-22-21-40(30)34-15-13-32(14-16-34)23-41(48(54)55)50-46(52)42-24-37-25-43-44(26-38(37)27-51(42)47(53)36-11-7-4-8-12-36)58-45(29-57-43)35-17-19-39(20-18-35)56-28-33-9-5-3-6-10-33/h4,7-8,11-22,25-26,33,41-42,45H,3,5-6,9-10,23-24,27-29H2,1-2H3,(H,50,52)(H,54,55)/t41?,42-,45+/m0/s1. The van der Waals surface area contributed by atoms with Crippen LogP contribution in [0.4, 0.5) is 0 Å². The largest absolute Gasteiger partial charge is 0.493 e. The molecule has 4 aromatic carbocycles. The van der Waals surface area contributed by atoms with Gasteiger partial charge in [0.2, 0.25) is 5.91 Å². The molecule has 0 saturated heterocycles. The van der Waals surface area contributed by atoms with Crippen molar-refractivity contribution in [3.63, 3.8) is 0 Å². The minimum Gasteiger partial charge on any atom is -0.493 e. The summed E-state index contributed by atoms with van der Waals surface area (Å²) in [5.41, 5.74) is 7.90. The fourth-order valence-electron chi connectivity index (χ4n) is 8.33. The van der Waals surface area contributed by atoms with Gasteiger partial charge in [0.15, 0.2) is 17.6 Å². The van der Waals surface area contributed by atoms with E-state index in [0.29, 0.717) is 29.6 Å². The lowest BCUT2D eigenvalue weighted by atomic mass is 9.90. The Morgan fingerprint density at radius 1 is 0.897 bits per heavy atom. The summed E-state index contributed by atoms with van der Waals surface area (Å²) < 4.78 is 18.9. The lowest BCUT2D eigenvalue weighted by molar-refractivity contribution is -0.142. The first kappa shape index (κ1) is 38.7. The van der Waals surface area contributed by atoms with E-state index in [1.165, 1.54) is 37.0 Å². The molecule has 3 atom stereocenters. The molecule has 58 heavy (non-hydrogen) atoms. The number of benzene rings is 4. The maximum atomic E-state index is 14.2. The zero-order valence-electron chi connectivity index (χ0n) is 33.0. The SMILES string of the molecule is Cc1nccc(-c2ccc(CC(NC(=O)[C@@H]3Cc4cc5c(cc4CN3C(=O)c3ccccc3)O[C@@H](c3ccc(OCC4CCCCC4)cc3)CO5)C(=O)O)cc2)c1C. The minimum atomic E-state index is -1.21. The third-order valence-electron chi connectivity index (χ3n) is 11.9. The van der Waals surface area contributed by atoms with Crippen LogP contribution in [0.25, 0.3) is 11.1 Å². The number of hydrogen-bond donors (Lipinski definition) is 2. The number of fused-ring (bicyclic) bond motifs is 2. The van der Waals surface area contributed by atoms with Crippen molar-refractivity contribution in [1.29, 1.82) is 0 Å². The van der Waals surface area contributed by atoms with Crippen LogP contribution in [0.2, 0.25) is 0 Å². The molecule has 10 nitrogen and oxygen atoms in total. The monoisotopic (exact) mass is 779 g/mol. The number of aromatic nitrogens is 1. The van der Waals surface area contributed by atoms with E-state index in [1.54, 1.807) is 30.5 Å². The smallest absolute Gasteiger partial charge is 0.326 e. The number of amides is 2. The number of carboxylic acids is 1. The summed E-state index contributed by atoms with van der Waals surface area (Å²) in [6.07, 6.45) is 8.04. The van der Waals surface area contributed by atoms with Crippen molar-refractivity contribution in [3.05, 3.63) is 142 Å². The molecule has 1 unspecified atom stereocenters. The predicted octanol–water partition coefficient (Wildman–Crippen LogP) is 8.22. The Balaban J connectivity index is 0.981. The Labute approximate surface area is 339 Å². The maximum Gasteiger partial charge on any atom is 0.326 e. The number of rotatable bonds is 11. The second-order valence-electron chi connectivity index (χ2n) is 15.8. The number of carboxylic acid groups (broad SMARTS) is 1. The van der Waals surface area contributed by atoms with Crippen LogP contribution in [-0.4, -0.2) is 58.1 Å². The lowest BCUT2D eigenvalue weighted by Crippen LogP contribution is -2.56. The molecule has 0 spiro atoms. The Morgan fingerprint density at radius 3 is 2.38 bits per heavy atom. The van der Waals surface area contributed by atoms with Crippen LogP contribution in [0.1, 0.15) is 82.1 Å². The molecule has 8 rings (SSSR count). The highest BCUT2D eigenvalue weighted by molar-refractivity contribution is 5.98. The van der Waals surface area contributed by atoms with Crippen LogP contribution < -0.4 is 19.5 Å². The summed E-state index contributed by atoms with van der Waals surface area (Å²) in [5.74, 6) is 0.570. The molecule has 3 aliphatic rings. The molecule has 0 bridgehead atoms. The molecule has 1 saturated carbocycles. The van der Waals surface area contributed by atoms with Gasteiger partial charge in [-0.1, -0.05) is 73.9 Å². The molecule has 0 radical (unpaired) electrons. The normalized spacial score (nSPS) is 18.1. The van der Waals surface area contributed by atoms with Gasteiger partial charge in [-0.2, -0.15) is 0 Å². The van der Waals surface area contributed by atoms with Crippen molar-refractivity contribution in [3.8, 4) is 28.4 Å². The van der Waals surface area contributed by atoms with E-state index < -0.39 is 24.0 Å². The molecular weight excluding hydrogens is 731 g/mol. The highest BCUT2D eigenvalue weighted by atomic mass is 16.6. The quantitative estimate of drug-likeness (QED) is 0.137. The number of aryl methyl sites for hydroxylation is 1. The maximum absolute atomic E-state index is 14.2. The Hall–Kier alpha value is -6.16. The van der Waals surface area contributed by atoms with Crippen LogP contribution in [0.15, 0.2) is 103 Å². The second-order valence-corrected chi connectivity index (χ2v) is 15.8. The number of nitrogens with zero attached hydrogens (tertiary/aromatic N) is 2. The number of pyridine rings is 1. The van der Waals surface area contributed by atoms with Crippen molar-refractivity contribution in [2.45, 2.75) is 83.5 Å². The average molecular weight is 780 g/mol. The van der Waals surface area contributed by atoms with E-state index in [4.69, 9.17) is 14.2 Å². The third-order valence-corrected chi connectivity index (χ3v) is 11.9. The van der Waals surface area contributed by atoms with Crippen LogP contribution in [0, 0.1) is 19.8 Å². The van der Waals surface area contributed by atoms with E-state index >= 15 is 0 Å². The fourth-order valence-corrected chi connectivity index (χ4v) is 8.33. The third kappa shape index (κ3) is 8.56. The van der Waals surface area contributed by atoms with Gasteiger partial charge in [-0.3, -0.25) is 14.6 Å². The summed E-state index contributed by atoms with van der Waals surface area (Å²) >= 11 is 0. The number of ether oxygens (including phenoxy) is 3. The van der Waals surface area contributed by atoms with Crippen LogP contribution in [-0.2, 0) is 29.0 Å². The second kappa shape index (κ2) is 17.1. The van der Waals surface area contributed by atoms with Gasteiger partial charge in [-0.15, -0.1) is 0 Å². The van der Waals surface area contributed by atoms with Gasteiger partial charge in [0.25, 0.3) is 5.91 Å². The van der Waals surface area contributed by atoms with Gasteiger partial charge in [0, 0.05) is 36.8 Å². The summed E-state index contributed by atoms with van der Waals surface area (Å²) in [6, 6.07) is 28.0. The Kier molecular flexibility index (Phi) is 11.4. The zero-order chi connectivity index (χ0) is 40.2. The van der Waals surface area contributed by atoms with Gasteiger partial charge in [0.1, 0.15) is 24.4 Å². The minimum absolute atomic E-state index is 0.0711. The number of hydrogen-bond acceptors (Lipinski definition) is 7. The summed E-state index contributed by atoms with van der Waals surface area (Å²) in [4.78, 5) is 46.7. The fraction of sp³-hybridized carbons (Fsp3) is 0.333. The van der Waals surface area contributed by atoms with Gasteiger partial charge in [-0.25, -0.2) is 4.79 Å². The van der Waals surface area contributed by atoms with Crippen molar-refractivity contribution in [1.82, 2.24) is 15.2 Å². The Morgan fingerprint density at radius 2 is 1.64 bits per heavy atom. The van der Waals surface area contributed by atoms with Crippen molar-refractivity contribution in [2.24, 2.45) is 5.92 Å². The van der Waals surface area contributed by atoms with E-state index in [9.17, 15) is 19.5 Å². The molecule has 1 fully saturated rings. The number of carbonyl (C=O) groups excluding carboxylic acids is 2. The van der Waals surface area contributed by atoms with Gasteiger partial charge < -0.3 is 29.5 Å². The topological polar surface area (TPSA) is 127 Å². The molecule has 2 N–H and O–H groups in total. The lowest BCUT2D eigenvalue weighted by Gasteiger charge is -2.37. The van der Waals surface area contributed by atoms with E-state index in [1.807, 2.05) is 86.6 Å². The zero-order valence-corrected chi connectivity index (χ0v) is 33.0. The first-order valence-electron chi connectivity index (χ1n) is 20.3. The van der Waals surface area contributed by atoms with E-state index in [2.05, 4.69) is 10.3 Å². The van der Waals surface area contributed by atoms with Crippen molar-refractivity contribution >= 4 is 17.8 Å². The molecule has 10 heteroatoms.